The van der Waals surface area contributed by atoms with Crippen LogP contribution in [0.15, 0.2) is 48.5 Å². The van der Waals surface area contributed by atoms with E-state index in [1.54, 1.807) is 34.1 Å². The molecule has 1 fully saturated rings. The summed E-state index contributed by atoms with van der Waals surface area (Å²) in [5, 5.41) is 0. The molecule has 146 valence electrons. The Bertz CT molecular complexity index is 857. The summed E-state index contributed by atoms with van der Waals surface area (Å²) in [7, 11) is 0. The maximum Gasteiger partial charge on any atom is 0.260 e. The molecule has 1 heterocycles. The van der Waals surface area contributed by atoms with Gasteiger partial charge in [0.1, 0.15) is 11.6 Å². The van der Waals surface area contributed by atoms with Crippen LogP contribution in [-0.2, 0) is 9.59 Å². The van der Waals surface area contributed by atoms with Gasteiger partial charge in [0.2, 0.25) is 5.91 Å². The maximum absolute atomic E-state index is 13.0. The van der Waals surface area contributed by atoms with Crippen LogP contribution in [0.1, 0.15) is 22.8 Å². The zero-order chi connectivity index (χ0) is 20.1. The summed E-state index contributed by atoms with van der Waals surface area (Å²) in [6, 6.07) is 11.8. The summed E-state index contributed by atoms with van der Waals surface area (Å²) in [6.45, 7) is 3.46. The second-order valence-corrected chi connectivity index (χ2v) is 6.54. The van der Waals surface area contributed by atoms with Crippen molar-refractivity contribution in [2.45, 2.75) is 6.92 Å². The zero-order valence-electron chi connectivity index (χ0n) is 15.6. The van der Waals surface area contributed by atoms with Gasteiger partial charge in [0.05, 0.1) is 0 Å². The van der Waals surface area contributed by atoms with Crippen LogP contribution in [0.2, 0.25) is 0 Å². The molecule has 28 heavy (non-hydrogen) atoms. The number of amides is 2. The highest BCUT2D eigenvalue weighted by atomic mass is 19.1. The molecule has 2 amide bonds. The predicted molar refractivity (Wildman–Crippen MR) is 101 cm³/mol. The number of nitrogens with zero attached hydrogens (tertiary/aromatic N) is 2. The average Bonchev–Trinajstić information content (AvgIpc) is 2.72. The van der Waals surface area contributed by atoms with Gasteiger partial charge in [-0.1, -0.05) is 0 Å². The van der Waals surface area contributed by atoms with Gasteiger partial charge < -0.3 is 14.5 Å². The van der Waals surface area contributed by atoms with E-state index in [1.807, 2.05) is 0 Å². The molecule has 0 bridgehead atoms. The lowest BCUT2D eigenvalue weighted by Crippen LogP contribution is -2.51. The van der Waals surface area contributed by atoms with Gasteiger partial charge in [-0.2, -0.15) is 0 Å². The van der Waals surface area contributed by atoms with E-state index >= 15 is 0 Å². The molecule has 3 rings (SSSR count). The van der Waals surface area contributed by atoms with Crippen molar-refractivity contribution in [3.63, 3.8) is 0 Å². The lowest BCUT2D eigenvalue weighted by Gasteiger charge is -2.34. The largest absolute Gasteiger partial charge is 0.484 e. The highest BCUT2D eigenvalue weighted by molar-refractivity contribution is 6.09. The fraction of sp³-hybridized carbons (Fsp3) is 0.286. The molecule has 0 radical (unpaired) electrons. The first kappa shape index (κ1) is 19.5. The van der Waals surface area contributed by atoms with Crippen molar-refractivity contribution in [3.05, 3.63) is 65.5 Å². The second-order valence-electron chi connectivity index (χ2n) is 6.54. The predicted octanol–water partition coefficient (Wildman–Crippen LogP) is 2.13. The van der Waals surface area contributed by atoms with Crippen molar-refractivity contribution in [1.29, 1.82) is 0 Å². The van der Waals surface area contributed by atoms with Crippen LogP contribution in [0.3, 0.4) is 0 Å². The van der Waals surface area contributed by atoms with Gasteiger partial charge in [-0.05, 0) is 48.5 Å². The molecule has 1 saturated heterocycles. The van der Waals surface area contributed by atoms with Gasteiger partial charge in [-0.3, -0.25) is 14.4 Å². The van der Waals surface area contributed by atoms with E-state index in [9.17, 15) is 18.8 Å². The molecular weight excluding hydrogens is 363 g/mol. The van der Waals surface area contributed by atoms with E-state index in [2.05, 4.69) is 0 Å². The minimum absolute atomic E-state index is 0.0126. The molecule has 0 saturated carbocycles. The molecule has 1 aliphatic rings. The Kier molecular flexibility index (Phi) is 6.03. The van der Waals surface area contributed by atoms with Crippen LogP contribution in [0.4, 0.5) is 4.39 Å². The summed E-state index contributed by atoms with van der Waals surface area (Å²) in [5.74, 6) is -0.265. The molecule has 0 N–H and O–H groups in total. The summed E-state index contributed by atoms with van der Waals surface area (Å²) in [4.78, 5) is 39.3. The topological polar surface area (TPSA) is 66.9 Å². The number of hydrogen-bond acceptors (Lipinski definition) is 4. The van der Waals surface area contributed by atoms with Gasteiger partial charge in [0, 0.05) is 44.2 Å². The normalized spacial score (nSPS) is 13.9. The Morgan fingerprint density at radius 3 is 1.89 bits per heavy atom. The molecule has 0 spiro atoms. The van der Waals surface area contributed by atoms with E-state index in [0.29, 0.717) is 43.1 Å². The molecule has 0 aromatic heterocycles. The standard InChI is InChI=1S/C21H21FN2O4/c1-15(25)23-10-12-24(13-11-23)20(26)14-28-19-8-4-17(5-9-19)21(27)16-2-6-18(22)7-3-16/h2-9H,10-14H2,1H3. The van der Waals surface area contributed by atoms with Crippen molar-refractivity contribution >= 4 is 17.6 Å². The lowest BCUT2D eigenvalue weighted by atomic mass is 10.0. The molecule has 0 aliphatic carbocycles. The number of ether oxygens (including phenoxy) is 1. The van der Waals surface area contributed by atoms with Gasteiger partial charge in [-0.15, -0.1) is 0 Å². The first-order valence-electron chi connectivity index (χ1n) is 9.00. The molecule has 0 unspecified atom stereocenters. The Balaban J connectivity index is 1.52. The molecule has 2 aromatic carbocycles. The Hall–Kier alpha value is -3.22. The molecule has 6 nitrogen and oxygen atoms in total. The van der Waals surface area contributed by atoms with Crippen LogP contribution in [0.5, 0.6) is 5.75 Å². The van der Waals surface area contributed by atoms with Crippen LogP contribution < -0.4 is 4.74 Å². The summed E-state index contributed by atoms with van der Waals surface area (Å²) in [6.07, 6.45) is 0. The number of carbonyl (C=O) groups excluding carboxylic acids is 3. The SMILES string of the molecule is CC(=O)N1CCN(C(=O)COc2ccc(C(=O)c3ccc(F)cc3)cc2)CC1. The lowest BCUT2D eigenvalue weighted by molar-refractivity contribution is -0.139. The van der Waals surface area contributed by atoms with Gasteiger partial charge in [-0.25, -0.2) is 4.39 Å². The molecule has 7 heteroatoms. The third-order valence-corrected chi connectivity index (χ3v) is 4.66. The summed E-state index contributed by atoms with van der Waals surface area (Å²) < 4.78 is 18.5. The van der Waals surface area contributed by atoms with E-state index in [-0.39, 0.29) is 24.2 Å². The summed E-state index contributed by atoms with van der Waals surface area (Å²) >= 11 is 0. The number of hydrogen-bond donors (Lipinski definition) is 0. The van der Waals surface area contributed by atoms with Crippen LogP contribution >= 0.6 is 0 Å². The van der Waals surface area contributed by atoms with E-state index < -0.39 is 5.82 Å². The second kappa shape index (κ2) is 8.65. The minimum atomic E-state index is -0.396. The number of benzene rings is 2. The molecule has 2 aromatic rings. The van der Waals surface area contributed by atoms with Gasteiger partial charge in [0.25, 0.3) is 5.91 Å². The fourth-order valence-electron chi connectivity index (χ4n) is 2.98. The zero-order valence-corrected chi connectivity index (χ0v) is 15.6. The van der Waals surface area contributed by atoms with Gasteiger partial charge >= 0.3 is 0 Å². The third-order valence-electron chi connectivity index (χ3n) is 4.66. The third kappa shape index (κ3) is 4.73. The fourth-order valence-corrected chi connectivity index (χ4v) is 2.98. The van der Waals surface area contributed by atoms with Crippen LogP contribution in [-0.4, -0.2) is 60.2 Å². The van der Waals surface area contributed by atoms with E-state index in [1.165, 1.54) is 31.2 Å². The molecule has 1 aliphatic heterocycles. The minimum Gasteiger partial charge on any atom is -0.484 e. The maximum atomic E-state index is 13.0. The monoisotopic (exact) mass is 384 g/mol. The Morgan fingerprint density at radius 2 is 1.36 bits per heavy atom. The first-order valence-corrected chi connectivity index (χ1v) is 9.00. The quantitative estimate of drug-likeness (QED) is 0.741. The average molecular weight is 384 g/mol. The van der Waals surface area contributed by atoms with Crippen molar-refractivity contribution in [2.75, 3.05) is 32.8 Å². The number of carbonyl (C=O) groups is 3. The van der Waals surface area contributed by atoms with Gasteiger partial charge in [0.15, 0.2) is 12.4 Å². The van der Waals surface area contributed by atoms with E-state index in [4.69, 9.17) is 4.74 Å². The first-order chi connectivity index (χ1) is 13.4. The highest BCUT2D eigenvalue weighted by Crippen LogP contribution is 2.16. The van der Waals surface area contributed by atoms with Crippen LogP contribution in [0, 0.1) is 5.82 Å². The summed E-state index contributed by atoms with van der Waals surface area (Å²) in [5.41, 5.74) is 0.848. The van der Waals surface area contributed by atoms with E-state index in [0.717, 1.165) is 0 Å². The Labute approximate surface area is 162 Å². The highest BCUT2D eigenvalue weighted by Gasteiger charge is 2.22. The smallest absolute Gasteiger partial charge is 0.260 e. The number of piperazine rings is 1. The van der Waals surface area contributed by atoms with Crippen molar-refractivity contribution in [1.82, 2.24) is 9.80 Å². The number of halogens is 1. The molecule has 0 atom stereocenters. The number of rotatable bonds is 5. The van der Waals surface area contributed by atoms with Crippen molar-refractivity contribution in [2.24, 2.45) is 0 Å². The van der Waals surface area contributed by atoms with Crippen molar-refractivity contribution < 1.29 is 23.5 Å². The molecular formula is C21H21FN2O4. The Morgan fingerprint density at radius 1 is 0.857 bits per heavy atom. The van der Waals surface area contributed by atoms with Crippen LogP contribution in [0.25, 0.3) is 0 Å². The van der Waals surface area contributed by atoms with Crippen molar-refractivity contribution in [3.8, 4) is 5.75 Å². The number of ketones is 1.